The van der Waals surface area contributed by atoms with Crippen molar-refractivity contribution in [2.24, 2.45) is 0 Å². The van der Waals surface area contributed by atoms with Gasteiger partial charge in [-0.05, 0) is 37.3 Å². The Labute approximate surface area is 122 Å². The van der Waals surface area contributed by atoms with Gasteiger partial charge in [0, 0.05) is 10.4 Å². The molecule has 3 nitrogen and oxygen atoms in total. The number of hydrogen-bond acceptors (Lipinski definition) is 4. The summed E-state index contributed by atoms with van der Waals surface area (Å²) < 4.78 is 10.6. The minimum atomic E-state index is -0.00651. The normalized spacial score (nSPS) is 10.8. The fraction of sp³-hybridized carbons (Fsp3) is 0.188. The molecule has 20 heavy (non-hydrogen) atoms. The van der Waals surface area contributed by atoms with Gasteiger partial charge >= 0.3 is 0 Å². The van der Waals surface area contributed by atoms with Gasteiger partial charge in [0.05, 0.1) is 19.1 Å². The van der Waals surface area contributed by atoms with Crippen LogP contribution in [-0.2, 0) is 0 Å². The van der Waals surface area contributed by atoms with Crippen molar-refractivity contribution in [2.45, 2.75) is 6.92 Å². The van der Waals surface area contributed by atoms with E-state index >= 15 is 0 Å². The Hall–Kier alpha value is -2.07. The Morgan fingerprint density at radius 1 is 1.15 bits per heavy atom. The summed E-state index contributed by atoms with van der Waals surface area (Å²) in [4.78, 5) is 13.9. The van der Waals surface area contributed by atoms with Gasteiger partial charge in [-0.25, -0.2) is 0 Å². The van der Waals surface area contributed by atoms with Crippen LogP contribution in [-0.4, -0.2) is 20.0 Å². The quantitative estimate of drug-likeness (QED) is 0.617. The monoisotopic (exact) mass is 288 g/mol. The predicted octanol–water partition coefficient (Wildman–Crippen LogP) is 3.97. The number of carbonyl (C=O) groups excluding carboxylic acids is 1. The smallest absolute Gasteiger partial charge is 0.195 e. The van der Waals surface area contributed by atoms with E-state index in [0.29, 0.717) is 11.5 Å². The van der Waals surface area contributed by atoms with Crippen molar-refractivity contribution >= 4 is 23.2 Å². The molecule has 0 aliphatic heterocycles. The third-order valence-electron chi connectivity index (χ3n) is 2.83. The van der Waals surface area contributed by atoms with Crippen LogP contribution in [0.4, 0.5) is 0 Å². The van der Waals surface area contributed by atoms with Gasteiger partial charge in [0.1, 0.15) is 0 Å². The first-order valence-corrected chi connectivity index (χ1v) is 6.97. The molecule has 0 fully saturated rings. The molecule has 1 heterocycles. The van der Waals surface area contributed by atoms with Gasteiger partial charge in [0.2, 0.25) is 0 Å². The SMILES string of the molecule is COc1cccc(/C=C/C(=O)c2ccc(C)s2)c1OC. The van der Waals surface area contributed by atoms with Gasteiger partial charge in [-0.1, -0.05) is 12.1 Å². The minimum Gasteiger partial charge on any atom is -0.493 e. The van der Waals surface area contributed by atoms with Crippen molar-refractivity contribution < 1.29 is 14.3 Å². The summed E-state index contributed by atoms with van der Waals surface area (Å²) in [5, 5.41) is 0. The molecule has 104 valence electrons. The first-order valence-electron chi connectivity index (χ1n) is 6.15. The van der Waals surface area contributed by atoms with Gasteiger partial charge in [0.25, 0.3) is 0 Å². The zero-order valence-corrected chi connectivity index (χ0v) is 12.5. The maximum atomic E-state index is 12.0. The highest BCUT2D eigenvalue weighted by molar-refractivity contribution is 7.14. The molecule has 2 aromatic rings. The molecule has 4 heteroatoms. The van der Waals surface area contributed by atoms with E-state index in [1.54, 1.807) is 26.4 Å². The number of allylic oxidation sites excluding steroid dienone is 1. The van der Waals surface area contributed by atoms with Crippen LogP contribution in [0.25, 0.3) is 6.08 Å². The highest BCUT2D eigenvalue weighted by atomic mass is 32.1. The highest BCUT2D eigenvalue weighted by Crippen LogP contribution is 2.31. The molecule has 0 aliphatic carbocycles. The number of benzene rings is 1. The topological polar surface area (TPSA) is 35.5 Å². The number of aryl methyl sites for hydroxylation is 1. The van der Waals surface area contributed by atoms with E-state index in [1.165, 1.54) is 11.3 Å². The van der Waals surface area contributed by atoms with Crippen molar-refractivity contribution in [3.8, 4) is 11.5 Å². The third kappa shape index (κ3) is 3.08. The minimum absolute atomic E-state index is 0.00651. The Kier molecular flexibility index (Phi) is 4.58. The first-order chi connectivity index (χ1) is 9.65. The van der Waals surface area contributed by atoms with E-state index in [2.05, 4.69) is 0 Å². The summed E-state index contributed by atoms with van der Waals surface area (Å²) in [5.74, 6) is 1.27. The molecule has 0 spiro atoms. The van der Waals surface area contributed by atoms with E-state index < -0.39 is 0 Å². The second kappa shape index (κ2) is 6.39. The maximum absolute atomic E-state index is 12.0. The predicted molar refractivity (Wildman–Crippen MR) is 82.0 cm³/mol. The fourth-order valence-corrected chi connectivity index (χ4v) is 2.65. The lowest BCUT2D eigenvalue weighted by molar-refractivity contribution is 0.105. The Bertz CT molecular complexity index is 641. The summed E-state index contributed by atoms with van der Waals surface area (Å²) in [6, 6.07) is 9.35. The van der Waals surface area contributed by atoms with Crippen molar-refractivity contribution in [2.75, 3.05) is 14.2 Å². The van der Waals surface area contributed by atoms with Crippen molar-refractivity contribution in [1.29, 1.82) is 0 Å². The number of carbonyl (C=O) groups is 1. The Balaban J connectivity index is 2.25. The van der Waals surface area contributed by atoms with Gasteiger partial charge < -0.3 is 9.47 Å². The Morgan fingerprint density at radius 3 is 2.55 bits per heavy atom. The summed E-state index contributed by atoms with van der Waals surface area (Å²) >= 11 is 1.49. The standard InChI is InChI=1S/C16H16O3S/c1-11-7-10-15(20-11)13(17)9-8-12-5-4-6-14(18-2)16(12)19-3/h4-10H,1-3H3/b9-8+. The second-order valence-corrected chi connectivity index (χ2v) is 5.48. The van der Waals surface area contributed by atoms with Crippen molar-refractivity contribution in [3.63, 3.8) is 0 Å². The molecule has 0 aliphatic rings. The zero-order chi connectivity index (χ0) is 14.5. The average molecular weight is 288 g/mol. The van der Waals surface area contributed by atoms with Crippen molar-refractivity contribution in [1.82, 2.24) is 0 Å². The zero-order valence-electron chi connectivity index (χ0n) is 11.7. The van der Waals surface area contributed by atoms with Crippen LogP contribution in [0.15, 0.2) is 36.4 Å². The maximum Gasteiger partial charge on any atom is 0.195 e. The first kappa shape index (κ1) is 14.3. The largest absolute Gasteiger partial charge is 0.493 e. The fourth-order valence-electron chi connectivity index (χ4n) is 1.86. The molecule has 1 aromatic carbocycles. The summed E-state index contributed by atoms with van der Waals surface area (Å²) in [5.41, 5.74) is 0.813. The average Bonchev–Trinajstić information content (AvgIpc) is 2.90. The summed E-state index contributed by atoms with van der Waals surface area (Å²) in [7, 11) is 3.17. The molecule has 0 saturated heterocycles. The molecule has 0 unspecified atom stereocenters. The lowest BCUT2D eigenvalue weighted by Crippen LogP contribution is -1.93. The number of ether oxygens (including phenoxy) is 2. The third-order valence-corrected chi connectivity index (χ3v) is 3.85. The van der Waals surface area contributed by atoms with Crippen LogP contribution in [0.2, 0.25) is 0 Å². The van der Waals surface area contributed by atoms with Crippen LogP contribution in [0, 0.1) is 6.92 Å². The highest BCUT2D eigenvalue weighted by Gasteiger charge is 2.08. The Morgan fingerprint density at radius 2 is 1.95 bits per heavy atom. The molecule has 0 N–H and O–H groups in total. The molecule has 2 rings (SSSR count). The van der Waals surface area contributed by atoms with E-state index in [0.717, 1.165) is 15.3 Å². The van der Waals surface area contributed by atoms with Gasteiger partial charge in [-0.3, -0.25) is 4.79 Å². The van der Waals surface area contributed by atoms with Gasteiger partial charge in [-0.2, -0.15) is 0 Å². The van der Waals surface area contributed by atoms with E-state index in [-0.39, 0.29) is 5.78 Å². The summed E-state index contributed by atoms with van der Waals surface area (Å²) in [6.45, 7) is 1.98. The number of para-hydroxylation sites is 1. The molecule has 1 aromatic heterocycles. The number of rotatable bonds is 5. The molecule has 0 radical (unpaired) electrons. The summed E-state index contributed by atoms with van der Waals surface area (Å²) in [6.07, 6.45) is 3.31. The van der Waals surface area contributed by atoms with Crippen LogP contribution < -0.4 is 9.47 Å². The molecule has 0 saturated carbocycles. The van der Waals surface area contributed by atoms with E-state index in [1.807, 2.05) is 37.3 Å². The van der Waals surface area contributed by atoms with Crippen LogP contribution >= 0.6 is 11.3 Å². The lowest BCUT2D eigenvalue weighted by atomic mass is 10.1. The molecule has 0 bridgehead atoms. The van der Waals surface area contributed by atoms with E-state index in [4.69, 9.17) is 9.47 Å². The van der Waals surface area contributed by atoms with Crippen LogP contribution in [0.5, 0.6) is 11.5 Å². The van der Waals surface area contributed by atoms with Gasteiger partial charge in [-0.15, -0.1) is 11.3 Å². The van der Waals surface area contributed by atoms with Gasteiger partial charge in [0.15, 0.2) is 17.3 Å². The van der Waals surface area contributed by atoms with Crippen LogP contribution in [0.3, 0.4) is 0 Å². The second-order valence-electron chi connectivity index (χ2n) is 4.19. The molecular weight excluding hydrogens is 272 g/mol. The molecule has 0 amide bonds. The number of ketones is 1. The van der Waals surface area contributed by atoms with Crippen LogP contribution in [0.1, 0.15) is 20.1 Å². The van der Waals surface area contributed by atoms with E-state index in [9.17, 15) is 4.79 Å². The molecule has 0 atom stereocenters. The number of thiophene rings is 1. The number of hydrogen-bond donors (Lipinski definition) is 0. The lowest BCUT2D eigenvalue weighted by Gasteiger charge is -2.09. The number of methoxy groups -OCH3 is 2. The molecular formula is C16H16O3S. The van der Waals surface area contributed by atoms with Crippen molar-refractivity contribution in [3.05, 3.63) is 51.7 Å².